The zero-order valence-electron chi connectivity index (χ0n) is 42.5. The molecule has 0 aliphatic rings. The molecule has 0 heterocycles. The van der Waals surface area contributed by atoms with Gasteiger partial charge in [0, 0.05) is 19.3 Å². The Hall–Kier alpha value is -1.69. The fourth-order valence-corrected chi connectivity index (χ4v) is 8.77. The highest BCUT2D eigenvalue weighted by Gasteiger charge is 2.34. The maximum absolute atomic E-state index is 13.5. The van der Waals surface area contributed by atoms with Gasteiger partial charge in [-0.2, -0.15) is 0 Å². The van der Waals surface area contributed by atoms with Crippen LogP contribution in [0.25, 0.3) is 0 Å². The number of aliphatic hydroxyl groups is 1. The average Bonchev–Trinajstić information content (AvgIpc) is 3.28. The lowest BCUT2D eigenvalue weighted by molar-refractivity contribution is -0.175. The Balaban J connectivity index is 4.59. The molecule has 0 aromatic carbocycles. The molecule has 0 saturated heterocycles. The van der Waals surface area contributed by atoms with Crippen LogP contribution < -0.4 is 0 Å². The minimum Gasteiger partial charge on any atom is -0.455 e. The molecule has 2 unspecified atom stereocenters. The minimum atomic E-state index is -1.25. The van der Waals surface area contributed by atoms with E-state index in [9.17, 15) is 19.5 Å². The summed E-state index contributed by atoms with van der Waals surface area (Å²) < 4.78 is 11.4. The van der Waals surface area contributed by atoms with Gasteiger partial charge in [-0.05, 0) is 44.9 Å². The molecule has 0 rings (SSSR count). The second kappa shape index (κ2) is 51.3. The van der Waals surface area contributed by atoms with Crippen LogP contribution in [0.4, 0.5) is 0 Å². The molecule has 0 bridgehead atoms. The Labute approximate surface area is 392 Å². The molecule has 0 fully saturated rings. The Bertz CT molecular complexity index is 993. The third-order valence-electron chi connectivity index (χ3n) is 13.0. The fraction of sp³-hybridized carbons (Fsp3) is 0.912. The van der Waals surface area contributed by atoms with Crippen LogP contribution in [0.15, 0.2) is 12.2 Å². The number of Topliss-reactive ketones (excluding diaryl/α,β-unsaturated/α-hetero) is 1. The summed E-state index contributed by atoms with van der Waals surface area (Å²) in [4.78, 5) is 39.5. The van der Waals surface area contributed by atoms with Gasteiger partial charge in [-0.1, -0.05) is 264 Å². The summed E-state index contributed by atoms with van der Waals surface area (Å²) in [6, 6.07) is 0. The number of ether oxygens (including phenoxy) is 2. The molecule has 0 spiro atoms. The van der Waals surface area contributed by atoms with Crippen LogP contribution in [0.5, 0.6) is 0 Å². The second-order valence-corrected chi connectivity index (χ2v) is 19.3. The average molecular weight is 889 g/mol. The lowest BCUT2D eigenvalue weighted by atomic mass is 10.0. The minimum absolute atomic E-state index is 0.237. The summed E-state index contributed by atoms with van der Waals surface area (Å²) in [6.45, 7) is 6.26. The van der Waals surface area contributed by atoms with Gasteiger partial charge in [0.15, 0.2) is 18.0 Å². The van der Waals surface area contributed by atoms with Crippen molar-refractivity contribution in [2.24, 2.45) is 0 Å². The molecular weight excluding hydrogens is 781 g/mol. The lowest BCUT2D eigenvalue weighted by Gasteiger charge is -2.25. The predicted molar refractivity (Wildman–Crippen MR) is 270 cm³/mol. The third kappa shape index (κ3) is 45.3. The molecule has 0 aliphatic heterocycles. The Morgan fingerprint density at radius 1 is 0.349 bits per heavy atom. The first-order valence-electron chi connectivity index (χ1n) is 28.2. The molecule has 2 atom stereocenters. The molecule has 0 aromatic heterocycles. The number of carbonyl (C=O) groups is 3. The molecule has 6 nitrogen and oxygen atoms in total. The first kappa shape index (κ1) is 61.3. The Morgan fingerprint density at radius 2 is 0.603 bits per heavy atom. The molecule has 63 heavy (non-hydrogen) atoms. The van der Waals surface area contributed by atoms with Crippen molar-refractivity contribution in [2.45, 2.75) is 328 Å². The highest BCUT2D eigenvalue weighted by atomic mass is 16.6. The predicted octanol–water partition coefficient (Wildman–Crippen LogP) is 17.9. The van der Waals surface area contributed by atoms with Crippen LogP contribution in [0.1, 0.15) is 316 Å². The largest absolute Gasteiger partial charge is 0.455 e. The number of ketones is 1. The van der Waals surface area contributed by atoms with Gasteiger partial charge in [0.25, 0.3) is 0 Å². The highest BCUT2D eigenvalue weighted by molar-refractivity contribution is 5.86. The lowest BCUT2D eigenvalue weighted by Crippen LogP contribution is -2.43. The van der Waals surface area contributed by atoms with Crippen molar-refractivity contribution in [1.29, 1.82) is 0 Å². The van der Waals surface area contributed by atoms with E-state index in [2.05, 4.69) is 32.9 Å². The van der Waals surface area contributed by atoms with Gasteiger partial charge in [-0.15, -0.1) is 0 Å². The number of rotatable bonds is 52. The van der Waals surface area contributed by atoms with Crippen molar-refractivity contribution in [3.05, 3.63) is 12.2 Å². The van der Waals surface area contributed by atoms with Crippen molar-refractivity contribution < 1.29 is 29.0 Å². The van der Waals surface area contributed by atoms with Crippen LogP contribution in [0.3, 0.4) is 0 Å². The molecule has 0 amide bonds. The van der Waals surface area contributed by atoms with Crippen molar-refractivity contribution in [3.63, 3.8) is 0 Å². The van der Waals surface area contributed by atoms with Crippen molar-refractivity contribution >= 4 is 17.7 Å². The number of allylic oxidation sites excluding steroid dienone is 2. The first-order chi connectivity index (χ1) is 31.0. The Kier molecular flexibility index (Phi) is 49.9. The summed E-state index contributed by atoms with van der Waals surface area (Å²) in [7, 11) is 0. The molecule has 6 heteroatoms. The quantitative estimate of drug-likeness (QED) is 0.0372. The molecular formula is C57H108O6. The molecule has 1 N–H and O–H groups in total. The van der Waals surface area contributed by atoms with Crippen LogP contribution in [-0.4, -0.2) is 41.6 Å². The first-order valence-corrected chi connectivity index (χ1v) is 28.2. The van der Waals surface area contributed by atoms with Gasteiger partial charge < -0.3 is 14.6 Å². The SMILES string of the molecule is CCCCCCCCC=CCCCCCCCC(=O)C(OC(=O)CCCCCCCCCCCCCCCCC)C(CO)OC(=O)CCCCCCCCCCCCCCCCC. The van der Waals surface area contributed by atoms with E-state index in [0.29, 0.717) is 6.42 Å². The maximum atomic E-state index is 13.5. The molecule has 372 valence electrons. The second-order valence-electron chi connectivity index (χ2n) is 19.3. The fourth-order valence-electron chi connectivity index (χ4n) is 8.77. The van der Waals surface area contributed by atoms with Gasteiger partial charge >= 0.3 is 11.9 Å². The van der Waals surface area contributed by atoms with E-state index in [0.717, 1.165) is 70.6 Å². The van der Waals surface area contributed by atoms with E-state index < -0.39 is 30.8 Å². The summed E-state index contributed by atoms with van der Waals surface area (Å²) >= 11 is 0. The van der Waals surface area contributed by atoms with E-state index in [1.54, 1.807) is 0 Å². The summed E-state index contributed by atoms with van der Waals surface area (Å²) in [5, 5.41) is 10.3. The van der Waals surface area contributed by atoms with E-state index in [4.69, 9.17) is 9.47 Å². The normalized spacial score (nSPS) is 12.6. The van der Waals surface area contributed by atoms with E-state index >= 15 is 0 Å². The zero-order valence-corrected chi connectivity index (χ0v) is 42.5. The monoisotopic (exact) mass is 889 g/mol. The van der Waals surface area contributed by atoms with Crippen LogP contribution in [0, 0.1) is 0 Å². The van der Waals surface area contributed by atoms with E-state index in [1.807, 2.05) is 0 Å². The summed E-state index contributed by atoms with van der Waals surface area (Å²) in [5.74, 6) is -1.12. The maximum Gasteiger partial charge on any atom is 0.306 e. The highest BCUT2D eigenvalue weighted by Crippen LogP contribution is 2.19. The number of hydrogen-bond donors (Lipinski definition) is 1. The molecule has 0 radical (unpaired) electrons. The molecule has 0 saturated carbocycles. The third-order valence-corrected chi connectivity index (χ3v) is 13.0. The van der Waals surface area contributed by atoms with Crippen LogP contribution >= 0.6 is 0 Å². The number of hydrogen-bond acceptors (Lipinski definition) is 6. The van der Waals surface area contributed by atoms with Crippen LogP contribution in [-0.2, 0) is 23.9 Å². The standard InChI is InChI=1S/C57H108O6/c1-4-7-10-13-16-19-22-25-28-31-34-37-40-43-46-49-53(59)57(63-56(61)51-48-45-42-39-36-33-30-27-24-21-18-15-12-9-6-3)54(52-58)62-55(60)50-47-44-41-38-35-32-29-26-23-20-17-14-11-8-5-2/h25,28,54,57-58H,4-24,26-27,29-52H2,1-3H3. The van der Waals surface area contributed by atoms with Gasteiger partial charge in [-0.3, -0.25) is 14.4 Å². The van der Waals surface area contributed by atoms with E-state index in [1.165, 1.54) is 199 Å². The Morgan fingerprint density at radius 3 is 0.905 bits per heavy atom. The van der Waals surface area contributed by atoms with Gasteiger partial charge in [0.2, 0.25) is 0 Å². The molecule has 0 aliphatic carbocycles. The topological polar surface area (TPSA) is 89.9 Å². The zero-order chi connectivity index (χ0) is 45.9. The number of aliphatic hydroxyl groups excluding tert-OH is 1. The van der Waals surface area contributed by atoms with Gasteiger partial charge in [0.1, 0.15) is 0 Å². The smallest absolute Gasteiger partial charge is 0.306 e. The van der Waals surface area contributed by atoms with Crippen molar-refractivity contribution in [3.8, 4) is 0 Å². The number of unbranched alkanes of at least 4 members (excludes halogenated alkanes) is 39. The van der Waals surface area contributed by atoms with Crippen LogP contribution in [0.2, 0.25) is 0 Å². The summed E-state index contributed by atoms with van der Waals surface area (Å²) in [6.07, 6.45) is 55.8. The number of carbonyl (C=O) groups excluding carboxylic acids is 3. The van der Waals surface area contributed by atoms with Crippen molar-refractivity contribution in [1.82, 2.24) is 0 Å². The van der Waals surface area contributed by atoms with Gasteiger partial charge in [-0.25, -0.2) is 0 Å². The van der Waals surface area contributed by atoms with Gasteiger partial charge in [0.05, 0.1) is 6.61 Å². The van der Waals surface area contributed by atoms with E-state index in [-0.39, 0.29) is 25.0 Å². The number of esters is 2. The van der Waals surface area contributed by atoms with Crippen molar-refractivity contribution in [2.75, 3.05) is 6.61 Å². The summed E-state index contributed by atoms with van der Waals surface area (Å²) in [5.41, 5.74) is 0. The molecule has 0 aromatic rings.